The molecule has 4 saturated carbocycles. The molecule has 4 aliphatic rings. The molecular formula is C32H58O4. The second kappa shape index (κ2) is 12.2. The highest BCUT2D eigenvalue weighted by molar-refractivity contribution is 5.90. The van der Waals surface area contributed by atoms with Crippen LogP contribution < -0.4 is 0 Å². The van der Waals surface area contributed by atoms with Crippen LogP contribution in [0.3, 0.4) is 0 Å². The number of esters is 1. The van der Waals surface area contributed by atoms with Gasteiger partial charge in [0.1, 0.15) is 12.5 Å². The summed E-state index contributed by atoms with van der Waals surface area (Å²) >= 11 is 0. The van der Waals surface area contributed by atoms with Crippen LogP contribution in [0.2, 0.25) is 0 Å². The van der Waals surface area contributed by atoms with Crippen LogP contribution in [0, 0.1) is 52.3 Å². The molecule has 0 amide bonds. The van der Waals surface area contributed by atoms with Gasteiger partial charge in [-0.2, -0.15) is 0 Å². The number of ether oxygens (including phenoxy) is 1. The van der Waals surface area contributed by atoms with Crippen LogP contribution >= 0.6 is 0 Å². The molecule has 4 fully saturated rings. The van der Waals surface area contributed by atoms with E-state index in [-0.39, 0.29) is 21.0 Å². The predicted molar refractivity (Wildman–Crippen MR) is 149 cm³/mol. The molecular weight excluding hydrogens is 448 g/mol. The molecule has 0 aromatic heterocycles. The first-order chi connectivity index (χ1) is 16.0. The quantitative estimate of drug-likeness (QED) is 0.264. The van der Waals surface area contributed by atoms with Gasteiger partial charge in [0.15, 0.2) is 0 Å². The Morgan fingerprint density at radius 2 is 1.56 bits per heavy atom. The van der Waals surface area contributed by atoms with E-state index < -0.39 is 18.4 Å². The summed E-state index contributed by atoms with van der Waals surface area (Å²) in [7, 11) is 0. The second-order valence-corrected chi connectivity index (χ2v) is 13.6. The standard InChI is InChI=1S/C30H50O4.2CH4/c1-19(2)7-6-8-20(3)24-11-12-25-23-10-9-21-17-22(34-28(33)18-27(31)32)13-15-29(21,4)26(23)14-16-30(24,25)5;;/h19-26H,6-18H2,1-5H3,(H,31,32);2*1H4. The summed E-state index contributed by atoms with van der Waals surface area (Å²) in [5.41, 5.74) is 0.895. The molecule has 0 aliphatic heterocycles. The number of rotatable bonds is 8. The van der Waals surface area contributed by atoms with E-state index in [4.69, 9.17) is 9.84 Å². The van der Waals surface area contributed by atoms with Gasteiger partial charge in [-0.25, -0.2) is 0 Å². The first-order valence-corrected chi connectivity index (χ1v) is 14.5. The summed E-state index contributed by atoms with van der Waals surface area (Å²) in [6, 6.07) is 0. The average molecular weight is 507 g/mol. The van der Waals surface area contributed by atoms with Crippen LogP contribution in [0.4, 0.5) is 0 Å². The molecule has 4 aliphatic carbocycles. The summed E-state index contributed by atoms with van der Waals surface area (Å²) in [5.74, 6) is 4.11. The highest BCUT2D eigenvalue weighted by Gasteiger charge is 2.60. The van der Waals surface area contributed by atoms with Crippen molar-refractivity contribution in [3.8, 4) is 0 Å². The Bertz CT molecular complexity index is 746. The molecule has 0 bridgehead atoms. The Morgan fingerprint density at radius 3 is 2.22 bits per heavy atom. The molecule has 9 atom stereocenters. The predicted octanol–water partition coefficient (Wildman–Crippen LogP) is 8.77. The van der Waals surface area contributed by atoms with Gasteiger partial charge in [-0.3, -0.25) is 9.59 Å². The summed E-state index contributed by atoms with van der Waals surface area (Å²) in [6.45, 7) is 12.5. The van der Waals surface area contributed by atoms with Crippen molar-refractivity contribution in [1.82, 2.24) is 0 Å². The van der Waals surface area contributed by atoms with Crippen molar-refractivity contribution >= 4 is 11.9 Å². The van der Waals surface area contributed by atoms with Gasteiger partial charge in [0.05, 0.1) is 0 Å². The zero-order chi connectivity index (χ0) is 24.7. The Hall–Kier alpha value is -1.06. The van der Waals surface area contributed by atoms with E-state index in [1.807, 2.05) is 0 Å². The highest BCUT2D eigenvalue weighted by Crippen LogP contribution is 2.68. The van der Waals surface area contributed by atoms with Gasteiger partial charge in [0.2, 0.25) is 0 Å². The third-order valence-electron chi connectivity index (χ3n) is 11.4. The molecule has 0 spiro atoms. The molecule has 0 radical (unpaired) electrons. The molecule has 9 unspecified atom stereocenters. The largest absolute Gasteiger partial charge is 0.481 e. The molecule has 210 valence electrons. The number of carbonyl (C=O) groups is 2. The van der Waals surface area contributed by atoms with E-state index in [1.54, 1.807) is 0 Å². The number of carboxylic acid groups (broad SMARTS) is 1. The lowest BCUT2D eigenvalue weighted by atomic mass is 9.44. The number of aliphatic carboxylic acids is 1. The van der Waals surface area contributed by atoms with Crippen LogP contribution in [-0.2, 0) is 14.3 Å². The maximum atomic E-state index is 11.9. The molecule has 0 heterocycles. The Kier molecular flexibility index (Phi) is 10.6. The van der Waals surface area contributed by atoms with Gasteiger partial charge in [0, 0.05) is 0 Å². The SMILES string of the molecule is C.C.CC(C)CCCC(C)C1CCC2C3CCC4CC(OC(=O)CC(=O)O)CCC4(C)C3CCC12C. The van der Waals surface area contributed by atoms with Gasteiger partial charge < -0.3 is 9.84 Å². The molecule has 4 rings (SSSR count). The Labute approximate surface area is 222 Å². The molecule has 36 heavy (non-hydrogen) atoms. The van der Waals surface area contributed by atoms with Crippen molar-refractivity contribution in [2.45, 2.75) is 139 Å². The van der Waals surface area contributed by atoms with Crippen LogP contribution in [0.5, 0.6) is 0 Å². The number of fused-ring (bicyclic) bond motifs is 5. The Balaban J connectivity index is 0.00000228. The lowest BCUT2D eigenvalue weighted by Crippen LogP contribution is -2.54. The Morgan fingerprint density at radius 1 is 0.889 bits per heavy atom. The minimum atomic E-state index is -1.10. The van der Waals surface area contributed by atoms with Crippen LogP contribution in [0.25, 0.3) is 0 Å². The third-order valence-corrected chi connectivity index (χ3v) is 11.4. The molecule has 4 heteroatoms. The molecule has 0 aromatic rings. The maximum absolute atomic E-state index is 11.9. The van der Waals surface area contributed by atoms with Gasteiger partial charge in [0.25, 0.3) is 0 Å². The highest BCUT2D eigenvalue weighted by atomic mass is 16.5. The summed E-state index contributed by atoms with van der Waals surface area (Å²) < 4.78 is 5.59. The summed E-state index contributed by atoms with van der Waals surface area (Å²) in [5, 5.41) is 8.88. The molecule has 0 aromatic carbocycles. The lowest BCUT2D eigenvalue weighted by Gasteiger charge is -2.61. The number of carboxylic acids is 1. The van der Waals surface area contributed by atoms with Gasteiger partial charge in [-0.05, 0) is 110 Å². The average Bonchev–Trinajstić information content (AvgIpc) is 3.10. The first kappa shape index (κ1) is 31.2. The fraction of sp³-hybridized carbons (Fsp3) is 0.938. The first-order valence-electron chi connectivity index (χ1n) is 14.5. The zero-order valence-corrected chi connectivity index (χ0v) is 22.5. The maximum Gasteiger partial charge on any atom is 0.317 e. The van der Waals surface area contributed by atoms with Crippen LogP contribution in [0.15, 0.2) is 0 Å². The van der Waals surface area contributed by atoms with E-state index in [9.17, 15) is 9.59 Å². The second-order valence-electron chi connectivity index (χ2n) is 13.6. The van der Waals surface area contributed by atoms with Crippen molar-refractivity contribution in [1.29, 1.82) is 0 Å². The van der Waals surface area contributed by atoms with E-state index >= 15 is 0 Å². The minimum absolute atomic E-state index is 0. The molecule has 4 nitrogen and oxygen atoms in total. The monoisotopic (exact) mass is 506 g/mol. The minimum Gasteiger partial charge on any atom is -0.481 e. The molecule has 1 N–H and O–H groups in total. The topological polar surface area (TPSA) is 63.6 Å². The van der Waals surface area contributed by atoms with E-state index in [0.29, 0.717) is 16.7 Å². The summed E-state index contributed by atoms with van der Waals surface area (Å²) in [6.07, 6.45) is 14.8. The number of hydrogen-bond donors (Lipinski definition) is 1. The smallest absolute Gasteiger partial charge is 0.317 e. The van der Waals surface area contributed by atoms with Crippen LogP contribution in [0.1, 0.15) is 133 Å². The van der Waals surface area contributed by atoms with Gasteiger partial charge in [-0.1, -0.05) is 68.7 Å². The zero-order valence-electron chi connectivity index (χ0n) is 22.5. The van der Waals surface area contributed by atoms with Gasteiger partial charge in [-0.15, -0.1) is 0 Å². The van der Waals surface area contributed by atoms with Crippen molar-refractivity contribution < 1.29 is 19.4 Å². The normalized spacial score (nSPS) is 40.1. The van der Waals surface area contributed by atoms with Crippen LogP contribution in [-0.4, -0.2) is 23.1 Å². The lowest BCUT2D eigenvalue weighted by molar-refractivity contribution is -0.165. The van der Waals surface area contributed by atoms with Crippen molar-refractivity contribution in [3.05, 3.63) is 0 Å². The molecule has 0 saturated heterocycles. The number of hydrogen-bond acceptors (Lipinski definition) is 3. The van der Waals surface area contributed by atoms with E-state index in [2.05, 4.69) is 34.6 Å². The van der Waals surface area contributed by atoms with Crippen molar-refractivity contribution in [2.24, 2.45) is 52.3 Å². The van der Waals surface area contributed by atoms with Gasteiger partial charge >= 0.3 is 11.9 Å². The summed E-state index contributed by atoms with van der Waals surface area (Å²) in [4.78, 5) is 22.8. The van der Waals surface area contributed by atoms with Crippen molar-refractivity contribution in [3.63, 3.8) is 0 Å². The fourth-order valence-electron chi connectivity index (χ4n) is 9.70. The van der Waals surface area contributed by atoms with E-state index in [1.165, 1.54) is 57.8 Å². The fourth-order valence-corrected chi connectivity index (χ4v) is 9.70. The number of carbonyl (C=O) groups excluding carboxylic acids is 1. The van der Waals surface area contributed by atoms with E-state index in [0.717, 1.165) is 54.8 Å². The van der Waals surface area contributed by atoms with Crippen molar-refractivity contribution in [2.75, 3.05) is 0 Å². The third kappa shape index (κ3) is 5.98.